The molecule has 0 aromatic carbocycles. The molecule has 0 aliphatic heterocycles. The molecule has 110 valence electrons. The van der Waals surface area contributed by atoms with E-state index in [9.17, 15) is 18.0 Å². The molecule has 0 radical (unpaired) electrons. The number of hydrogen-bond acceptors (Lipinski definition) is 5. The van der Waals surface area contributed by atoms with Gasteiger partial charge in [-0.3, -0.25) is 9.59 Å². The quantitative estimate of drug-likeness (QED) is 0.673. The highest BCUT2D eigenvalue weighted by Gasteiger charge is 2.29. The van der Waals surface area contributed by atoms with Crippen molar-refractivity contribution < 1.29 is 22.7 Å². The van der Waals surface area contributed by atoms with Gasteiger partial charge in [-0.15, -0.1) is 0 Å². The van der Waals surface area contributed by atoms with Crippen LogP contribution in [0.4, 0.5) is 0 Å². The van der Waals surface area contributed by atoms with Crippen molar-refractivity contribution >= 4 is 21.8 Å². The van der Waals surface area contributed by atoms with Crippen molar-refractivity contribution in [2.75, 3.05) is 19.9 Å². The van der Waals surface area contributed by atoms with Crippen molar-refractivity contribution in [1.29, 1.82) is 0 Å². The summed E-state index contributed by atoms with van der Waals surface area (Å²) in [4.78, 5) is 22.1. The monoisotopic (exact) mass is 291 g/mol. The van der Waals surface area contributed by atoms with Crippen molar-refractivity contribution in [3.63, 3.8) is 0 Å². The first-order chi connectivity index (χ1) is 8.86. The number of carbonyl (C=O) groups is 2. The Morgan fingerprint density at radius 3 is 2.47 bits per heavy atom. The maximum absolute atomic E-state index is 12.1. The Morgan fingerprint density at radius 2 is 1.95 bits per heavy atom. The highest BCUT2D eigenvalue weighted by molar-refractivity contribution is 7.89. The van der Waals surface area contributed by atoms with Gasteiger partial charge in [-0.1, -0.05) is 0 Å². The van der Waals surface area contributed by atoms with Gasteiger partial charge in [0.1, 0.15) is 5.78 Å². The van der Waals surface area contributed by atoms with Gasteiger partial charge in [-0.05, 0) is 19.3 Å². The molecule has 0 saturated heterocycles. The number of ketones is 1. The number of Topliss-reactive ketones (excluding diaryl/α,β-unsaturated/α-hetero) is 1. The third kappa shape index (κ3) is 4.91. The Morgan fingerprint density at radius 1 is 1.37 bits per heavy atom. The summed E-state index contributed by atoms with van der Waals surface area (Å²) in [5.41, 5.74) is 0. The predicted molar refractivity (Wildman–Crippen MR) is 70.1 cm³/mol. The van der Waals surface area contributed by atoms with Gasteiger partial charge in [0.2, 0.25) is 10.0 Å². The average Bonchev–Trinajstić information content (AvgIpc) is 2.38. The van der Waals surface area contributed by atoms with Gasteiger partial charge in [-0.2, -0.15) is 0 Å². The lowest BCUT2D eigenvalue weighted by atomic mass is 9.95. The fourth-order valence-electron chi connectivity index (χ4n) is 2.16. The summed E-state index contributed by atoms with van der Waals surface area (Å²) in [5, 5.41) is 0. The van der Waals surface area contributed by atoms with Gasteiger partial charge in [0.25, 0.3) is 0 Å². The van der Waals surface area contributed by atoms with Crippen LogP contribution in [0.25, 0.3) is 0 Å². The molecule has 0 N–H and O–H groups in total. The lowest BCUT2D eigenvalue weighted by molar-refractivity contribution is -0.140. The number of methoxy groups -OCH3 is 1. The maximum atomic E-state index is 12.1. The van der Waals surface area contributed by atoms with Crippen LogP contribution in [0.3, 0.4) is 0 Å². The fraction of sp³-hybridized carbons (Fsp3) is 0.833. The van der Waals surface area contributed by atoms with E-state index >= 15 is 0 Å². The third-order valence-electron chi connectivity index (χ3n) is 3.48. The first-order valence-corrected chi connectivity index (χ1v) is 8.02. The molecule has 7 heteroatoms. The molecule has 19 heavy (non-hydrogen) atoms. The average molecular weight is 291 g/mol. The van der Waals surface area contributed by atoms with Crippen LogP contribution in [0.5, 0.6) is 0 Å². The lowest BCUT2D eigenvalue weighted by Crippen LogP contribution is -2.40. The summed E-state index contributed by atoms with van der Waals surface area (Å²) in [6.07, 6.45) is 2.44. The summed E-state index contributed by atoms with van der Waals surface area (Å²) in [5.74, 6) is -0.267. The molecule has 1 saturated carbocycles. The standard InChI is InChI=1S/C12H21NO5S/c1-13(10-5-7-11(14)8-6-10)19(16,17)9-3-4-12(15)18-2/h10H,3-9H2,1-2H3. The van der Waals surface area contributed by atoms with Crippen molar-refractivity contribution in [1.82, 2.24) is 4.31 Å². The minimum atomic E-state index is -3.37. The van der Waals surface area contributed by atoms with E-state index in [1.165, 1.54) is 11.4 Å². The second-order valence-electron chi connectivity index (χ2n) is 4.78. The maximum Gasteiger partial charge on any atom is 0.305 e. The molecular weight excluding hydrogens is 270 g/mol. The van der Waals surface area contributed by atoms with Gasteiger partial charge >= 0.3 is 5.97 Å². The number of hydrogen-bond donors (Lipinski definition) is 0. The highest BCUT2D eigenvalue weighted by atomic mass is 32.2. The van der Waals surface area contributed by atoms with Crippen LogP contribution in [0.15, 0.2) is 0 Å². The number of esters is 1. The zero-order valence-corrected chi connectivity index (χ0v) is 12.2. The summed E-state index contributed by atoms with van der Waals surface area (Å²) >= 11 is 0. The molecule has 0 atom stereocenters. The van der Waals surface area contributed by atoms with Crippen LogP contribution in [-0.4, -0.2) is 50.4 Å². The summed E-state index contributed by atoms with van der Waals surface area (Å²) in [6.45, 7) is 0. The van der Waals surface area contributed by atoms with Crippen LogP contribution < -0.4 is 0 Å². The Hall–Kier alpha value is -0.950. The van der Waals surface area contributed by atoms with E-state index in [2.05, 4.69) is 4.74 Å². The zero-order chi connectivity index (χ0) is 14.5. The van der Waals surface area contributed by atoms with Crippen molar-refractivity contribution in [3.8, 4) is 0 Å². The van der Waals surface area contributed by atoms with E-state index in [-0.39, 0.29) is 30.4 Å². The predicted octanol–water partition coefficient (Wildman–Crippen LogP) is 0.713. The molecule has 1 rings (SSSR count). The molecule has 0 aromatic heterocycles. The van der Waals surface area contributed by atoms with Crippen molar-refractivity contribution in [3.05, 3.63) is 0 Å². The number of rotatable bonds is 6. The summed E-state index contributed by atoms with van der Waals surface area (Å²) in [6, 6.07) is -0.0965. The van der Waals surface area contributed by atoms with Gasteiger partial charge in [0, 0.05) is 32.4 Å². The number of sulfonamides is 1. The molecule has 0 aromatic rings. The molecule has 1 fully saturated rings. The molecule has 0 bridgehead atoms. The Bertz CT molecular complexity index is 421. The molecule has 1 aliphatic carbocycles. The van der Waals surface area contributed by atoms with Gasteiger partial charge in [0.15, 0.2) is 0 Å². The smallest absolute Gasteiger partial charge is 0.305 e. The fourth-order valence-corrected chi connectivity index (χ4v) is 3.62. The van der Waals surface area contributed by atoms with E-state index in [4.69, 9.17) is 0 Å². The number of carbonyl (C=O) groups excluding carboxylic acids is 2. The normalized spacial score (nSPS) is 17.7. The number of ether oxygens (including phenoxy) is 1. The van der Waals surface area contributed by atoms with Crippen LogP contribution in [-0.2, 0) is 24.3 Å². The molecule has 0 spiro atoms. The second kappa shape index (κ2) is 7.00. The Labute approximate surface area is 114 Å². The van der Waals surface area contributed by atoms with Crippen LogP contribution in [0, 0.1) is 0 Å². The van der Waals surface area contributed by atoms with Crippen molar-refractivity contribution in [2.45, 2.75) is 44.6 Å². The minimum absolute atomic E-state index is 0.0664. The topological polar surface area (TPSA) is 80.8 Å². The third-order valence-corrected chi connectivity index (χ3v) is 5.46. The first-order valence-electron chi connectivity index (χ1n) is 6.41. The summed E-state index contributed by atoms with van der Waals surface area (Å²) < 4.78 is 30.0. The minimum Gasteiger partial charge on any atom is -0.469 e. The number of nitrogens with zero attached hydrogens (tertiary/aromatic N) is 1. The van der Waals surface area contributed by atoms with Gasteiger partial charge < -0.3 is 4.74 Å². The van der Waals surface area contributed by atoms with Crippen LogP contribution >= 0.6 is 0 Å². The molecule has 1 aliphatic rings. The van der Waals surface area contributed by atoms with E-state index in [1.807, 2.05) is 0 Å². The second-order valence-corrected chi connectivity index (χ2v) is 6.93. The molecular formula is C12H21NO5S. The molecule has 6 nitrogen and oxygen atoms in total. The van der Waals surface area contributed by atoms with Gasteiger partial charge in [0.05, 0.1) is 12.9 Å². The zero-order valence-electron chi connectivity index (χ0n) is 11.4. The molecule has 0 amide bonds. The van der Waals surface area contributed by atoms with Crippen LogP contribution in [0.1, 0.15) is 38.5 Å². The SMILES string of the molecule is COC(=O)CCCS(=O)(=O)N(C)C1CCC(=O)CC1. The van der Waals surface area contributed by atoms with E-state index in [1.54, 1.807) is 7.05 Å². The summed E-state index contributed by atoms with van der Waals surface area (Å²) in [7, 11) is -0.538. The van der Waals surface area contributed by atoms with E-state index < -0.39 is 16.0 Å². The first kappa shape index (κ1) is 16.1. The van der Waals surface area contributed by atoms with E-state index in [0.29, 0.717) is 25.7 Å². The largest absolute Gasteiger partial charge is 0.469 e. The highest BCUT2D eigenvalue weighted by Crippen LogP contribution is 2.22. The lowest BCUT2D eigenvalue weighted by Gasteiger charge is -2.29. The van der Waals surface area contributed by atoms with Gasteiger partial charge in [-0.25, -0.2) is 12.7 Å². The molecule has 0 unspecified atom stereocenters. The molecule has 0 heterocycles. The Balaban J connectivity index is 2.47. The van der Waals surface area contributed by atoms with E-state index in [0.717, 1.165) is 0 Å². The Kier molecular flexibility index (Phi) is 5.93. The van der Waals surface area contributed by atoms with Crippen molar-refractivity contribution in [2.24, 2.45) is 0 Å². The van der Waals surface area contributed by atoms with Crippen LogP contribution in [0.2, 0.25) is 0 Å².